The van der Waals surface area contributed by atoms with E-state index in [0.717, 1.165) is 9.79 Å². The Balaban J connectivity index is 1.38. The molecule has 2 aliphatic rings. The Morgan fingerprint density at radius 2 is 0.927 bits per heavy atom. The van der Waals surface area contributed by atoms with Crippen molar-refractivity contribution in [3.05, 3.63) is 70.7 Å². The fourth-order valence-corrected chi connectivity index (χ4v) is 6.15. The molecule has 2 fully saturated rings. The second-order valence-electron chi connectivity index (χ2n) is 9.95. The number of carbonyl (C=O) groups excluding carboxylic acids is 4. The van der Waals surface area contributed by atoms with Gasteiger partial charge in [-0.2, -0.15) is 0 Å². The minimum absolute atomic E-state index is 0.00433. The molecule has 0 atom stereocenters. The Kier molecular flexibility index (Phi) is 9.84. The quantitative estimate of drug-likeness (QED) is 0.446. The summed E-state index contributed by atoms with van der Waals surface area (Å²) in [7, 11) is 0. The van der Waals surface area contributed by atoms with Gasteiger partial charge in [0.1, 0.15) is 0 Å². The van der Waals surface area contributed by atoms with Gasteiger partial charge in [-0.1, -0.05) is 60.3 Å². The van der Waals surface area contributed by atoms with E-state index in [1.54, 1.807) is 43.9 Å². The minimum Gasteiger partial charge on any atom is -0.339 e. The summed E-state index contributed by atoms with van der Waals surface area (Å²) in [4.78, 5) is 57.4. The first-order valence-electron chi connectivity index (χ1n) is 13.2. The molecule has 0 saturated carbocycles. The van der Waals surface area contributed by atoms with Gasteiger partial charge in [-0.25, -0.2) is 0 Å². The lowest BCUT2D eigenvalue weighted by Crippen LogP contribution is -2.50. The third-order valence-corrected chi connectivity index (χ3v) is 9.32. The molecule has 0 aliphatic carbocycles. The molecule has 0 N–H and O–H groups in total. The highest BCUT2D eigenvalue weighted by Crippen LogP contribution is 2.39. The summed E-state index contributed by atoms with van der Waals surface area (Å²) in [5.41, 5.74) is 1.93. The standard InChI is InChI=1S/C30H32Cl2N4O4S/c1-19(29(39)35-13-9-33(10-14-35)21(3)37)23-5-7-27(25(31)17-23)41-28-8-6-24(18-26(28)32)20(2)30(40)36-15-11-34(12-16-36)22(4)38/h5-8,17-18H,1-2,9-16H2,3-4H3. The number of benzene rings is 2. The summed E-state index contributed by atoms with van der Waals surface area (Å²) in [6.45, 7) is 14.9. The molecule has 216 valence electrons. The van der Waals surface area contributed by atoms with E-state index >= 15 is 0 Å². The molecule has 2 aromatic rings. The number of hydrogen-bond donors (Lipinski definition) is 0. The monoisotopic (exact) mass is 614 g/mol. The third kappa shape index (κ3) is 7.15. The van der Waals surface area contributed by atoms with Crippen LogP contribution in [0, 0.1) is 0 Å². The molecule has 4 rings (SSSR count). The van der Waals surface area contributed by atoms with Gasteiger partial charge in [-0.05, 0) is 35.4 Å². The fourth-order valence-electron chi connectivity index (χ4n) is 4.74. The molecule has 2 saturated heterocycles. The average molecular weight is 616 g/mol. The number of piperazine rings is 2. The first-order chi connectivity index (χ1) is 19.5. The molecule has 41 heavy (non-hydrogen) atoms. The summed E-state index contributed by atoms with van der Waals surface area (Å²) in [5.74, 6) is -0.355. The van der Waals surface area contributed by atoms with E-state index in [4.69, 9.17) is 23.2 Å². The largest absolute Gasteiger partial charge is 0.339 e. The Labute approximate surface area is 254 Å². The van der Waals surface area contributed by atoms with Gasteiger partial charge in [0.15, 0.2) is 0 Å². The molecular formula is C30H32Cl2N4O4S. The lowest BCUT2D eigenvalue weighted by atomic mass is 10.1. The van der Waals surface area contributed by atoms with Crippen molar-refractivity contribution in [2.75, 3.05) is 52.4 Å². The van der Waals surface area contributed by atoms with Crippen LogP contribution >= 0.6 is 35.0 Å². The van der Waals surface area contributed by atoms with Crippen LogP contribution in [0.2, 0.25) is 10.0 Å². The van der Waals surface area contributed by atoms with Gasteiger partial charge in [0.05, 0.1) is 10.0 Å². The molecule has 0 aromatic heterocycles. The highest BCUT2D eigenvalue weighted by molar-refractivity contribution is 7.99. The van der Waals surface area contributed by atoms with Gasteiger partial charge in [-0.3, -0.25) is 19.2 Å². The predicted molar refractivity (Wildman–Crippen MR) is 163 cm³/mol. The van der Waals surface area contributed by atoms with Crippen LogP contribution in [0.3, 0.4) is 0 Å². The molecule has 0 radical (unpaired) electrons. The van der Waals surface area contributed by atoms with Crippen LogP contribution in [0.4, 0.5) is 0 Å². The van der Waals surface area contributed by atoms with Crippen molar-refractivity contribution in [2.45, 2.75) is 23.6 Å². The first-order valence-corrected chi connectivity index (χ1v) is 14.8. The fraction of sp³-hybridized carbons (Fsp3) is 0.333. The van der Waals surface area contributed by atoms with Gasteiger partial charge in [-0.15, -0.1) is 0 Å². The van der Waals surface area contributed by atoms with E-state index in [9.17, 15) is 19.2 Å². The van der Waals surface area contributed by atoms with E-state index in [-0.39, 0.29) is 23.6 Å². The van der Waals surface area contributed by atoms with Crippen molar-refractivity contribution in [3.63, 3.8) is 0 Å². The zero-order chi connectivity index (χ0) is 29.8. The van der Waals surface area contributed by atoms with Crippen molar-refractivity contribution >= 4 is 69.7 Å². The van der Waals surface area contributed by atoms with Crippen molar-refractivity contribution in [1.82, 2.24) is 19.6 Å². The second-order valence-corrected chi connectivity index (χ2v) is 11.8. The summed E-state index contributed by atoms with van der Waals surface area (Å²) in [6, 6.07) is 10.7. The molecule has 0 unspecified atom stereocenters. The van der Waals surface area contributed by atoms with E-state index in [0.29, 0.717) is 84.7 Å². The summed E-state index contributed by atoms with van der Waals surface area (Å²) in [5, 5.41) is 0.902. The molecule has 2 heterocycles. The van der Waals surface area contributed by atoms with E-state index < -0.39 is 0 Å². The van der Waals surface area contributed by atoms with Crippen molar-refractivity contribution in [2.24, 2.45) is 0 Å². The maximum absolute atomic E-state index is 13.0. The molecule has 8 nitrogen and oxygen atoms in total. The molecular weight excluding hydrogens is 583 g/mol. The summed E-state index contributed by atoms with van der Waals surface area (Å²) < 4.78 is 0. The highest BCUT2D eigenvalue weighted by atomic mass is 35.5. The second kappa shape index (κ2) is 13.1. The number of hydrogen-bond acceptors (Lipinski definition) is 5. The van der Waals surface area contributed by atoms with Gasteiger partial charge < -0.3 is 19.6 Å². The Bertz CT molecular complexity index is 1310. The predicted octanol–water partition coefficient (Wildman–Crippen LogP) is 4.55. The average Bonchev–Trinajstić information content (AvgIpc) is 2.97. The number of amides is 4. The zero-order valence-corrected chi connectivity index (χ0v) is 25.4. The maximum Gasteiger partial charge on any atom is 0.253 e. The lowest BCUT2D eigenvalue weighted by Gasteiger charge is -2.34. The molecule has 4 amide bonds. The number of nitrogens with zero attached hydrogens (tertiary/aromatic N) is 4. The van der Waals surface area contributed by atoms with Gasteiger partial charge >= 0.3 is 0 Å². The normalized spacial score (nSPS) is 15.5. The van der Waals surface area contributed by atoms with E-state index in [1.807, 2.05) is 12.1 Å². The van der Waals surface area contributed by atoms with E-state index in [2.05, 4.69) is 13.2 Å². The summed E-state index contributed by atoms with van der Waals surface area (Å²) in [6.07, 6.45) is 0. The molecule has 2 aliphatic heterocycles. The first kappa shape index (κ1) is 30.7. The third-order valence-electron chi connectivity index (χ3n) is 7.32. The van der Waals surface area contributed by atoms with Crippen molar-refractivity contribution < 1.29 is 19.2 Å². The Morgan fingerprint density at radius 1 is 0.610 bits per heavy atom. The number of carbonyl (C=O) groups is 4. The summed E-state index contributed by atoms with van der Waals surface area (Å²) >= 11 is 14.6. The molecule has 2 aromatic carbocycles. The minimum atomic E-state index is -0.182. The highest BCUT2D eigenvalue weighted by Gasteiger charge is 2.26. The number of halogens is 2. The SMILES string of the molecule is C=C(C(=O)N1CCN(C(C)=O)CC1)c1ccc(Sc2ccc(C(=C)C(=O)N3CCN(C(C)=O)CC3)cc2Cl)c(Cl)c1. The van der Waals surface area contributed by atoms with Crippen molar-refractivity contribution in [3.8, 4) is 0 Å². The Morgan fingerprint density at radius 3 is 1.22 bits per heavy atom. The van der Waals surface area contributed by atoms with Crippen LogP contribution in [-0.4, -0.2) is 95.6 Å². The van der Waals surface area contributed by atoms with Gasteiger partial charge in [0, 0.05) is 87.1 Å². The van der Waals surface area contributed by atoms with Gasteiger partial charge in [0.2, 0.25) is 11.8 Å². The number of rotatable bonds is 6. The van der Waals surface area contributed by atoms with E-state index in [1.165, 1.54) is 25.6 Å². The topological polar surface area (TPSA) is 81.2 Å². The Hall–Kier alpha value is -3.27. The lowest BCUT2D eigenvalue weighted by molar-refractivity contribution is -0.135. The zero-order valence-electron chi connectivity index (χ0n) is 23.1. The molecule has 11 heteroatoms. The van der Waals surface area contributed by atoms with Crippen LogP contribution in [0.15, 0.2) is 59.3 Å². The van der Waals surface area contributed by atoms with Crippen LogP contribution in [0.5, 0.6) is 0 Å². The van der Waals surface area contributed by atoms with Crippen molar-refractivity contribution in [1.29, 1.82) is 0 Å². The van der Waals surface area contributed by atoms with Crippen LogP contribution in [0.1, 0.15) is 25.0 Å². The van der Waals surface area contributed by atoms with Crippen LogP contribution in [-0.2, 0) is 19.2 Å². The molecule has 0 spiro atoms. The smallest absolute Gasteiger partial charge is 0.253 e. The molecule has 0 bridgehead atoms. The maximum atomic E-state index is 13.0. The van der Waals surface area contributed by atoms with Crippen LogP contribution in [0.25, 0.3) is 11.1 Å². The van der Waals surface area contributed by atoms with Gasteiger partial charge in [0.25, 0.3) is 11.8 Å². The van der Waals surface area contributed by atoms with Crippen LogP contribution < -0.4 is 0 Å².